The molecule has 126 valence electrons. The summed E-state index contributed by atoms with van der Waals surface area (Å²) in [5, 5.41) is 0. The summed E-state index contributed by atoms with van der Waals surface area (Å²) >= 11 is 0. The Kier molecular flexibility index (Phi) is 3.96. The zero-order chi connectivity index (χ0) is 17.5. The Bertz CT molecular complexity index is 1000. The van der Waals surface area contributed by atoms with Crippen molar-refractivity contribution in [1.82, 2.24) is 9.38 Å². The van der Waals surface area contributed by atoms with E-state index in [1.165, 1.54) is 0 Å². The van der Waals surface area contributed by atoms with Gasteiger partial charge in [0.2, 0.25) is 0 Å². The van der Waals surface area contributed by atoms with Crippen LogP contribution in [0.2, 0.25) is 0 Å². The second-order valence-corrected chi connectivity index (χ2v) is 7.35. The van der Waals surface area contributed by atoms with Crippen molar-refractivity contribution in [3.63, 3.8) is 0 Å². The van der Waals surface area contributed by atoms with Crippen molar-refractivity contribution >= 4 is 21.4 Å². The van der Waals surface area contributed by atoms with Crippen molar-refractivity contribution in [2.24, 2.45) is 0 Å². The number of nitrogens with one attached hydrogen (secondary N) is 1. The number of sulfonamides is 1. The molecule has 24 heavy (non-hydrogen) atoms. The summed E-state index contributed by atoms with van der Waals surface area (Å²) in [7, 11) is -2.18. The molecule has 3 aromatic rings. The van der Waals surface area contributed by atoms with E-state index < -0.39 is 10.0 Å². The average Bonchev–Trinajstić information content (AvgIpc) is 2.87. The number of aromatic nitrogens is 2. The van der Waals surface area contributed by atoms with E-state index >= 15 is 0 Å². The first-order valence-corrected chi connectivity index (χ1v) is 8.92. The molecule has 0 atom stereocenters. The maximum Gasteiger partial charge on any atom is 0.262 e. The standard InChI is InChI=1S/C17H19N3O3S/c1-11-8-14(23-4)9-12(2)16(11)24(21,22)19-15-6-5-7-20-10-13(3)18-17(15)20/h5-10,19H,1-4H3. The van der Waals surface area contributed by atoms with Gasteiger partial charge in [0.05, 0.1) is 23.4 Å². The van der Waals surface area contributed by atoms with E-state index in [2.05, 4.69) is 9.71 Å². The lowest BCUT2D eigenvalue weighted by atomic mass is 10.1. The van der Waals surface area contributed by atoms with E-state index in [9.17, 15) is 8.42 Å². The Morgan fingerprint density at radius 3 is 2.46 bits per heavy atom. The molecular weight excluding hydrogens is 326 g/mol. The van der Waals surface area contributed by atoms with Crippen LogP contribution >= 0.6 is 0 Å². The number of rotatable bonds is 4. The molecule has 0 radical (unpaired) electrons. The third-order valence-corrected chi connectivity index (χ3v) is 5.46. The molecule has 2 heterocycles. The van der Waals surface area contributed by atoms with Gasteiger partial charge in [-0.25, -0.2) is 13.4 Å². The number of hydrogen-bond donors (Lipinski definition) is 1. The molecule has 0 aliphatic carbocycles. The van der Waals surface area contributed by atoms with Crippen molar-refractivity contribution in [2.75, 3.05) is 11.8 Å². The molecule has 0 saturated heterocycles. The van der Waals surface area contributed by atoms with Crippen LogP contribution in [0.15, 0.2) is 41.6 Å². The van der Waals surface area contributed by atoms with Crippen molar-refractivity contribution in [1.29, 1.82) is 0 Å². The summed E-state index contributed by atoms with van der Waals surface area (Å²) in [6, 6.07) is 6.90. The molecule has 0 aliphatic heterocycles. The van der Waals surface area contributed by atoms with Gasteiger partial charge in [-0.05, 0) is 56.2 Å². The van der Waals surface area contributed by atoms with Crippen LogP contribution in [-0.2, 0) is 10.0 Å². The number of imidazole rings is 1. The second-order valence-electron chi connectivity index (χ2n) is 5.73. The molecule has 7 heteroatoms. The molecular formula is C17H19N3O3S. The van der Waals surface area contributed by atoms with E-state index in [4.69, 9.17) is 4.74 Å². The molecule has 0 saturated carbocycles. The molecule has 2 aromatic heterocycles. The summed E-state index contributed by atoms with van der Waals surface area (Å²) < 4.78 is 35.5. The second kappa shape index (κ2) is 5.83. The van der Waals surface area contributed by atoms with Gasteiger partial charge in [-0.3, -0.25) is 4.72 Å². The first kappa shape index (κ1) is 16.3. The van der Waals surface area contributed by atoms with E-state index in [1.54, 1.807) is 49.6 Å². The van der Waals surface area contributed by atoms with Gasteiger partial charge < -0.3 is 9.14 Å². The number of hydrogen-bond acceptors (Lipinski definition) is 4. The minimum atomic E-state index is -3.74. The zero-order valence-electron chi connectivity index (χ0n) is 14.0. The molecule has 6 nitrogen and oxygen atoms in total. The summed E-state index contributed by atoms with van der Waals surface area (Å²) in [6.45, 7) is 5.37. The smallest absolute Gasteiger partial charge is 0.262 e. The zero-order valence-corrected chi connectivity index (χ0v) is 14.8. The SMILES string of the molecule is COc1cc(C)c(S(=O)(=O)Nc2cccn3cc(C)nc23)c(C)c1. The predicted molar refractivity (Wildman–Crippen MR) is 93.2 cm³/mol. The lowest BCUT2D eigenvalue weighted by Crippen LogP contribution is -2.16. The highest BCUT2D eigenvalue weighted by molar-refractivity contribution is 7.92. The number of methoxy groups -OCH3 is 1. The monoisotopic (exact) mass is 345 g/mol. The van der Waals surface area contributed by atoms with Crippen LogP contribution in [0.1, 0.15) is 16.8 Å². The highest BCUT2D eigenvalue weighted by Crippen LogP contribution is 2.28. The van der Waals surface area contributed by atoms with E-state index in [1.807, 2.05) is 19.3 Å². The van der Waals surface area contributed by atoms with Crippen molar-refractivity contribution in [3.05, 3.63) is 53.5 Å². The van der Waals surface area contributed by atoms with Gasteiger partial charge in [0.15, 0.2) is 5.65 Å². The Morgan fingerprint density at radius 2 is 1.83 bits per heavy atom. The normalized spacial score (nSPS) is 11.7. The summed E-state index contributed by atoms with van der Waals surface area (Å²) in [5.74, 6) is 0.634. The number of nitrogens with zero attached hydrogens (tertiary/aromatic N) is 2. The molecule has 1 N–H and O–H groups in total. The summed E-state index contributed by atoms with van der Waals surface area (Å²) in [6.07, 6.45) is 3.67. The molecule has 0 aliphatic rings. The van der Waals surface area contributed by atoms with Gasteiger partial charge >= 0.3 is 0 Å². The van der Waals surface area contributed by atoms with Crippen molar-refractivity contribution in [3.8, 4) is 5.75 Å². The largest absolute Gasteiger partial charge is 0.497 e. The van der Waals surface area contributed by atoms with Crippen LogP contribution in [0.4, 0.5) is 5.69 Å². The fourth-order valence-electron chi connectivity index (χ4n) is 2.86. The Morgan fingerprint density at radius 1 is 1.17 bits per heavy atom. The minimum Gasteiger partial charge on any atom is -0.497 e. The number of aryl methyl sites for hydroxylation is 3. The van der Waals surface area contributed by atoms with E-state index in [0.29, 0.717) is 28.2 Å². The van der Waals surface area contributed by atoms with Crippen LogP contribution in [0.25, 0.3) is 5.65 Å². The number of fused-ring (bicyclic) bond motifs is 1. The van der Waals surface area contributed by atoms with E-state index in [-0.39, 0.29) is 4.90 Å². The van der Waals surface area contributed by atoms with Crippen LogP contribution in [-0.4, -0.2) is 24.9 Å². The molecule has 0 amide bonds. The van der Waals surface area contributed by atoms with Crippen LogP contribution in [0.3, 0.4) is 0 Å². The molecule has 1 aromatic carbocycles. The number of benzene rings is 1. The predicted octanol–water partition coefficient (Wildman–Crippen LogP) is 3.07. The Balaban J connectivity index is 2.09. The van der Waals surface area contributed by atoms with Gasteiger partial charge in [0.25, 0.3) is 10.0 Å². The topological polar surface area (TPSA) is 72.7 Å². The molecule has 0 bridgehead atoms. The maximum atomic E-state index is 12.9. The highest BCUT2D eigenvalue weighted by Gasteiger charge is 2.22. The lowest BCUT2D eigenvalue weighted by Gasteiger charge is -2.14. The quantitative estimate of drug-likeness (QED) is 0.789. The maximum absolute atomic E-state index is 12.9. The number of ether oxygens (including phenoxy) is 1. The van der Waals surface area contributed by atoms with Gasteiger partial charge in [-0.15, -0.1) is 0 Å². The number of anilines is 1. The Hall–Kier alpha value is -2.54. The third kappa shape index (κ3) is 2.82. The summed E-state index contributed by atoms with van der Waals surface area (Å²) in [5.41, 5.74) is 3.10. The molecule has 0 spiro atoms. The molecule has 0 unspecified atom stereocenters. The van der Waals surface area contributed by atoms with Gasteiger partial charge in [0.1, 0.15) is 5.75 Å². The number of pyridine rings is 1. The highest BCUT2D eigenvalue weighted by atomic mass is 32.2. The average molecular weight is 345 g/mol. The van der Waals surface area contributed by atoms with Crippen LogP contribution in [0, 0.1) is 20.8 Å². The van der Waals surface area contributed by atoms with Gasteiger partial charge in [-0.2, -0.15) is 0 Å². The van der Waals surface area contributed by atoms with E-state index in [0.717, 1.165) is 5.69 Å². The van der Waals surface area contributed by atoms with Crippen LogP contribution in [0.5, 0.6) is 5.75 Å². The van der Waals surface area contributed by atoms with Crippen molar-refractivity contribution < 1.29 is 13.2 Å². The first-order valence-electron chi connectivity index (χ1n) is 7.44. The van der Waals surface area contributed by atoms with Gasteiger partial charge in [-0.1, -0.05) is 0 Å². The van der Waals surface area contributed by atoms with Gasteiger partial charge in [0, 0.05) is 12.4 Å². The fraction of sp³-hybridized carbons (Fsp3) is 0.235. The molecule has 0 fully saturated rings. The van der Waals surface area contributed by atoms with Crippen molar-refractivity contribution in [2.45, 2.75) is 25.7 Å². The minimum absolute atomic E-state index is 0.258. The fourth-order valence-corrected chi connectivity index (χ4v) is 4.38. The third-order valence-electron chi connectivity index (χ3n) is 3.79. The summed E-state index contributed by atoms with van der Waals surface area (Å²) in [4.78, 5) is 4.64. The lowest BCUT2D eigenvalue weighted by molar-refractivity contribution is 0.413. The first-order chi connectivity index (χ1) is 11.3. The Labute approximate surface area is 141 Å². The molecule has 3 rings (SSSR count). The van der Waals surface area contributed by atoms with Crippen LogP contribution < -0.4 is 9.46 Å².